The first-order chi connectivity index (χ1) is 9.02. The molecule has 0 radical (unpaired) electrons. The predicted octanol–water partition coefficient (Wildman–Crippen LogP) is 4.69. The van der Waals surface area contributed by atoms with Crippen LogP contribution >= 0.6 is 27.5 Å². The van der Waals surface area contributed by atoms with Crippen molar-refractivity contribution < 1.29 is 8.78 Å². The van der Waals surface area contributed by atoms with Crippen LogP contribution in [0, 0.1) is 11.6 Å². The van der Waals surface area contributed by atoms with Gasteiger partial charge in [-0.15, -0.1) is 0 Å². The maximum atomic E-state index is 13.5. The molecule has 0 fully saturated rings. The Labute approximate surface area is 123 Å². The van der Waals surface area contributed by atoms with E-state index >= 15 is 0 Å². The van der Waals surface area contributed by atoms with Gasteiger partial charge in [0.15, 0.2) is 0 Å². The van der Waals surface area contributed by atoms with E-state index in [0.717, 1.165) is 11.1 Å². The Morgan fingerprint density at radius 2 is 1.68 bits per heavy atom. The molecule has 0 spiro atoms. The summed E-state index contributed by atoms with van der Waals surface area (Å²) >= 11 is 8.81. The second-order valence-electron chi connectivity index (χ2n) is 4.07. The Morgan fingerprint density at radius 3 is 2.26 bits per heavy atom. The molecule has 0 aromatic heterocycles. The molecule has 0 aliphatic carbocycles. The summed E-state index contributed by atoms with van der Waals surface area (Å²) in [5.41, 5.74) is 1.56. The molecule has 19 heavy (non-hydrogen) atoms. The fourth-order valence-corrected chi connectivity index (χ4v) is 2.42. The van der Waals surface area contributed by atoms with E-state index in [1.54, 1.807) is 25.2 Å². The van der Waals surface area contributed by atoms with Gasteiger partial charge in [0, 0.05) is 0 Å². The summed E-state index contributed by atoms with van der Waals surface area (Å²) in [5.74, 6) is -0.804. The molecule has 2 aromatic rings. The molecule has 0 bridgehead atoms. The summed E-state index contributed by atoms with van der Waals surface area (Å²) in [6.07, 6.45) is 0. The van der Waals surface area contributed by atoms with Crippen molar-refractivity contribution >= 4 is 27.5 Å². The van der Waals surface area contributed by atoms with Gasteiger partial charge in [0.2, 0.25) is 0 Å². The number of hydrogen-bond donors (Lipinski definition) is 1. The fourth-order valence-electron chi connectivity index (χ4n) is 1.91. The van der Waals surface area contributed by atoms with E-state index in [-0.39, 0.29) is 16.9 Å². The first kappa shape index (κ1) is 14.4. The lowest BCUT2D eigenvalue weighted by atomic mass is 9.99. The number of hydrogen-bond acceptors (Lipinski definition) is 1. The van der Waals surface area contributed by atoms with E-state index < -0.39 is 5.82 Å². The van der Waals surface area contributed by atoms with Crippen LogP contribution in [0.2, 0.25) is 5.02 Å². The number of benzene rings is 2. The molecule has 1 unspecified atom stereocenters. The van der Waals surface area contributed by atoms with Crippen molar-refractivity contribution in [1.82, 2.24) is 5.32 Å². The smallest absolute Gasteiger partial charge is 0.142 e. The van der Waals surface area contributed by atoms with Crippen LogP contribution in [-0.2, 0) is 0 Å². The Morgan fingerprint density at radius 1 is 1.05 bits per heavy atom. The van der Waals surface area contributed by atoms with Crippen LogP contribution in [0.15, 0.2) is 40.9 Å². The van der Waals surface area contributed by atoms with Crippen LogP contribution in [0.3, 0.4) is 0 Å². The van der Waals surface area contributed by atoms with E-state index in [2.05, 4.69) is 21.2 Å². The first-order valence-electron chi connectivity index (χ1n) is 5.60. The lowest BCUT2D eigenvalue weighted by molar-refractivity contribution is 0.610. The molecule has 2 aromatic carbocycles. The Kier molecular flexibility index (Phi) is 4.55. The molecule has 0 aliphatic heterocycles. The van der Waals surface area contributed by atoms with E-state index in [1.165, 1.54) is 18.2 Å². The monoisotopic (exact) mass is 345 g/mol. The second kappa shape index (κ2) is 5.99. The average Bonchev–Trinajstić information content (AvgIpc) is 2.39. The van der Waals surface area contributed by atoms with Gasteiger partial charge in [-0.05, 0) is 58.4 Å². The van der Waals surface area contributed by atoms with Gasteiger partial charge in [0.05, 0.1) is 15.5 Å². The highest BCUT2D eigenvalue weighted by Gasteiger charge is 2.15. The molecule has 0 saturated heterocycles. The normalized spacial score (nSPS) is 12.5. The van der Waals surface area contributed by atoms with Crippen LogP contribution in [0.5, 0.6) is 0 Å². The largest absolute Gasteiger partial charge is 0.309 e. The molecule has 0 aliphatic rings. The van der Waals surface area contributed by atoms with Crippen molar-refractivity contribution in [2.45, 2.75) is 6.04 Å². The third-order valence-electron chi connectivity index (χ3n) is 2.84. The molecule has 2 rings (SSSR count). The van der Waals surface area contributed by atoms with E-state index in [4.69, 9.17) is 11.6 Å². The highest BCUT2D eigenvalue weighted by molar-refractivity contribution is 9.10. The van der Waals surface area contributed by atoms with Gasteiger partial charge in [-0.2, -0.15) is 0 Å². The first-order valence-corrected chi connectivity index (χ1v) is 6.77. The van der Waals surface area contributed by atoms with Gasteiger partial charge in [-0.25, -0.2) is 8.78 Å². The van der Waals surface area contributed by atoms with Crippen molar-refractivity contribution in [3.63, 3.8) is 0 Å². The summed E-state index contributed by atoms with van der Waals surface area (Å²) in [4.78, 5) is 0. The van der Waals surface area contributed by atoms with E-state index in [0.29, 0.717) is 4.47 Å². The maximum absolute atomic E-state index is 13.5. The minimum Gasteiger partial charge on any atom is -0.309 e. The minimum atomic E-state index is -0.472. The highest BCUT2D eigenvalue weighted by Crippen LogP contribution is 2.28. The minimum absolute atomic E-state index is 0.0823. The molecule has 0 saturated carbocycles. The van der Waals surface area contributed by atoms with Crippen molar-refractivity contribution in [1.29, 1.82) is 0 Å². The molecule has 0 amide bonds. The number of halogens is 4. The zero-order chi connectivity index (χ0) is 14.0. The zero-order valence-corrected chi connectivity index (χ0v) is 12.4. The summed E-state index contributed by atoms with van der Waals surface area (Å²) in [7, 11) is 1.76. The lowest BCUT2D eigenvalue weighted by Gasteiger charge is -2.18. The zero-order valence-electron chi connectivity index (χ0n) is 10.1. The van der Waals surface area contributed by atoms with Crippen LogP contribution in [0.25, 0.3) is 0 Å². The van der Waals surface area contributed by atoms with E-state index in [1.807, 2.05) is 0 Å². The molecule has 5 heteroatoms. The fraction of sp³-hybridized carbons (Fsp3) is 0.143. The maximum Gasteiger partial charge on any atom is 0.142 e. The van der Waals surface area contributed by atoms with Gasteiger partial charge < -0.3 is 5.32 Å². The number of rotatable bonds is 3. The van der Waals surface area contributed by atoms with Crippen molar-refractivity contribution in [2.75, 3.05) is 7.05 Å². The standard InChI is InChI=1S/C14H11BrClF2N/c1-19-14(8-3-5-12(17)10(15)6-8)9-2-4-11(16)13(18)7-9/h2-7,14,19H,1H3. The summed E-state index contributed by atoms with van der Waals surface area (Å²) < 4.78 is 27.1. The Balaban J connectivity index is 2.43. The summed E-state index contributed by atoms with van der Waals surface area (Å²) in [6, 6.07) is 9.09. The second-order valence-corrected chi connectivity index (χ2v) is 5.33. The van der Waals surface area contributed by atoms with Crippen LogP contribution < -0.4 is 5.32 Å². The van der Waals surface area contributed by atoms with Crippen LogP contribution in [0.1, 0.15) is 17.2 Å². The van der Waals surface area contributed by atoms with Gasteiger partial charge in [-0.3, -0.25) is 0 Å². The van der Waals surface area contributed by atoms with Crippen molar-refractivity contribution in [3.05, 3.63) is 68.7 Å². The lowest BCUT2D eigenvalue weighted by Crippen LogP contribution is -2.18. The Hall–Kier alpha value is -0.970. The van der Waals surface area contributed by atoms with Crippen molar-refractivity contribution in [2.24, 2.45) is 0 Å². The van der Waals surface area contributed by atoms with Gasteiger partial charge in [-0.1, -0.05) is 23.7 Å². The summed E-state index contributed by atoms with van der Waals surface area (Å²) in [5, 5.41) is 3.16. The molecule has 1 N–H and O–H groups in total. The van der Waals surface area contributed by atoms with Gasteiger partial charge in [0.25, 0.3) is 0 Å². The van der Waals surface area contributed by atoms with Gasteiger partial charge >= 0.3 is 0 Å². The molecule has 1 nitrogen and oxygen atoms in total. The van der Waals surface area contributed by atoms with Crippen LogP contribution in [-0.4, -0.2) is 7.05 Å². The van der Waals surface area contributed by atoms with Crippen LogP contribution in [0.4, 0.5) is 8.78 Å². The topological polar surface area (TPSA) is 12.0 Å². The number of nitrogens with one attached hydrogen (secondary N) is 1. The average molecular weight is 347 g/mol. The van der Waals surface area contributed by atoms with E-state index in [9.17, 15) is 8.78 Å². The molecular weight excluding hydrogens is 336 g/mol. The molecule has 100 valence electrons. The van der Waals surface area contributed by atoms with Gasteiger partial charge in [0.1, 0.15) is 11.6 Å². The third-order valence-corrected chi connectivity index (χ3v) is 3.76. The third kappa shape index (κ3) is 3.14. The highest BCUT2D eigenvalue weighted by atomic mass is 79.9. The molecule has 1 atom stereocenters. The predicted molar refractivity (Wildman–Crippen MR) is 76.4 cm³/mol. The SMILES string of the molecule is CNC(c1ccc(Cl)c(F)c1)c1ccc(F)c(Br)c1. The summed E-state index contributed by atoms with van der Waals surface area (Å²) in [6.45, 7) is 0. The quantitative estimate of drug-likeness (QED) is 0.850. The van der Waals surface area contributed by atoms with Crippen molar-refractivity contribution in [3.8, 4) is 0 Å². The molecular formula is C14H11BrClF2N. The molecule has 0 heterocycles. The Bertz CT molecular complexity index is 552.